The molecule has 0 radical (unpaired) electrons. The van der Waals surface area contributed by atoms with Crippen LogP contribution in [-0.4, -0.2) is 18.8 Å². The predicted octanol–water partition coefficient (Wildman–Crippen LogP) is 4.91. The van der Waals surface area contributed by atoms with Crippen molar-refractivity contribution in [1.29, 1.82) is 0 Å². The standard InChI is InChI=1S/C14H28F3N/c1-4-7-8-12(6-3)13(18-11-5-2)9-10-14(15,16)17/h12-13,18H,4-11H2,1-3H3. The molecule has 0 aliphatic carbocycles. The molecule has 0 bridgehead atoms. The molecule has 0 aromatic rings. The summed E-state index contributed by atoms with van der Waals surface area (Å²) in [4.78, 5) is 0. The van der Waals surface area contributed by atoms with Gasteiger partial charge in [0.05, 0.1) is 0 Å². The monoisotopic (exact) mass is 267 g/mol. The third-order valence-corrected chi connectivity index (χ3v) is 3.42. The van der Waals surface area contributed by atoms with Crippen LogP contribution in [-0.2, 0) is 0 Å². The quantitative estimate of drug-likeness (QED) is 0.593. The van der Waals surface area contributed by atoms with E-state index in [2.05, 4.69) is 19.2 Å². The fraction of sp³-hybridized carbons (Fsp3) is 1.00. The Hall–Kier alpha value is -0.250. The normalized spacial score (nSPS) is 15.7. The molecule has 0 aromatic heterocycles. The van der Waals surface area contributed by atoms with Gasteiger partial charge in [0.1, 0.15) is 0 Å². The first kappa shape index (κ1) is 17.8. The van der Waals surface area contributed by atoms with Crippen LogP contribution in [0, 0.1) is 5.92 Å². The van der Waals surface area contributed by atoms with Gasteiger partial charge in [0.2, 0.25) is 0 Å². The van der Waals surface area contributed by atoms with Gasteiger partial charge in [-0.05, 0) is 31.7 Å². The van der Waals surface area contributed by atoms with E-state index in [-0.39, 0.29) is 12.5 Å². The molecule has 0 aliphatic rings. The van der Waals surface area contributed by atoms with Crippen molar-refractivity contribution in [2.75, 3.05) is 6.54 Å². The molecular weight excluding hydrogens is 239 g/mol. The Morgan fingerprint density at radius 2 is 1.67 bits per heavy atom. The van der Waals surface area contributed by atoms with E-state index in [1.54, 1.807) is 0 Å². The van der Waals surface area contributed by atoms with Gasteiger partial charge in [-0.3, -0.25) is 0 Å². The van der Waals surface area contributed by atoms with Crippen molar-refractivity contribution in [3.8, 4) is 0 Å². The third-order valence-electron chi connectivity index (χ3n) is 3.42. The first-order valence-electron chi connectivity index (χ1n) is 7.24. The highest BCUT2D eigenvalue weighted by Crippen LogP contribution is 2.27. The van der Waals surface area contributed by atoms with Crippen LogP contribution >= 0.6 is 0 Å². The minimum absolute atomic E-state index is 0.0168. The smallest absolute Gasteiger partial charge is 0.314 e. The summed E-state index contributed by atoms with van der Waals surface area (Å²) in [7, 11) is 0. The molecule has 2 unspecified atom stereocenters. The Labute approximate surface area is 110 Å². The summed E-state index contributed by atoms with van der Waals surface area (Å²) in [6, 6.07) is 0.0168. The van der Waals surface area contributed by atoms with E-state index >= 15 is 0 Å². The molecule has 0 saturated carbocycles. The highest BCUT2D eigenvalue weighted by molar-refractivity contribution is 4.77. The zero-order chi connectivity index (χ0) is 14.0. The number of hydrogen-bond donors (Lipinski definition) is 1. The average molecular weight is 267 g/mol. The lowest BCUT2D eigenvalue weighted by molar-refractivity contribution is -0.137. The molecule has 110 valence electrons. The summed E-state index contributed by atoms with van der Waals surface area (Å²) in [6.45, 7) is 7.05. The second-order valence-corrected chi connectivity index (χ2v) is 5.03. The highest BCUT2D eigenvalue weighted by Gasteiger charge is 2.30. The summed E-state index contributed by atoms with van der Waals surface area (Å²) in [5, 5.41) is 3.30. The topological polar surface area (TPSA) is 12.0 Å². The number of rotatable bonds is 10. The summed E-state index contributed by atoms with van der Waals surface area (Å²) in [6.07, 6.45) is 0.682. The molecular formula is C14H28F3N. The van der Waals surface area contributed by atoms with E-state index in [0.717, 1.165) is 38.6 Å². The summed E-state index contributed by atoms with van der Waals surface area (Å²) in [5.41, 5.74) is 0. The maximum atomic E-state index is 12.3. The maximum Gasteiger partial charge on any atom is 0.389 e. The summed E-state index contributed by atoms with van der Waals surface area (Å²) in [5.74, 6) is 0.374. The summed E-state index contributed by atoms with van der Waals surface area (Å²) < 4.78 is 37.0. The molecule has 1 nitrogen and oxygen atoms in total. The number of alkyl halides is 3. The van der Waals surface area contributed by atoms with E-state index < -0.39 is 12.6 Å². The number of halogens is 3. The largest absolute Gasteiger partial charge is 0.389 e. The number of unbranched alkanes of at least 4 members (excludes halogenated alkanes) is 1. The van der Waals surface area contributed by atoms with Gasteiger partial charge in [0, 0.05) is 12.5 Å². The predicted molar refractivity (Wildman–Crippen MR) is 70.7 cm³/mol. The minimum Gasteiger partial charge on any atom is -0.314 e. The number of hydrogen-bond acceptors (Lipinski definition) is 1. The van der Waals surface area contributed by atoms with Crippen LogP contribution in [0.1, 0.15) is 65.7 Å². The Bertz CT molecular complexity index is 192. The van der Waals surface area contributed by atoms with Gasteiger partial charge in [0.25, 0.3) is 0 Å². The van der Waals surface area contributed by atoms with E-state index in [0.29, 0.717) is 5.92 Å². The van der Waals surface area contributed by atoms with Crippen molar-refractivity contribution in [1.82, 2.24) is 5.32 Å². The van der Waals surface area contributed by atoms with Gasteiger partial charge < -0.3 is 5.32 Å². The van der Waals surface area contributed by atoms with Crippen LogP contribution in [0.5, 0.6) is 0 Å². The van der Waals surface area contributed by atoms with E-state index in [4.69, 9.17) is 0 Å². The summed E-state index contributed by atoms with van der Waals surface area (Å²) >= 11 is 0. The van der Waals surface area contributed by atoms with Gasteiger partial charge in [-0.1, -0.05) is 40.0 Å². The molecule has 0 rings (SSSR count). The van der Waals surface area contributed by atoms with Crippen LogP contribution < -0.4 is 5.32 Å². The molecule has 4 heteroatoms. The number of nitrogens with one attached hydrogen (secondary N) is 1. The van der Waals surface area contributed by atoms with Crippen molar-refractivity contribution in [3.63, 3.8) is 0 Å². The zero-order valence-electron chi connectivity index (χ0n) is 11.9. The van der Waals surface area contributed by atoms with E-state index in [1.807, 2.05) is 6.92 Å². The third kappa shape index (κ3) is 8.78. The van der Waals surface area contributed by atoms with E-state index in [9.17, 15) is 13.2 Å². The molecule has 0 saturated heterocycles. The molecule has 2 atom stereocenters. The fourth-order valence-electron chi connectivity index (χ4n) is 2.31. The minimum atomic E-state index is -4.03. The van der Waals surface area contributed by atoms with Crippen molar-refractivity contribution >= 4 is 0 Å². The van der Waals surface area contributed by atoms with Gasteiger partial charge in [0.15, 0.2) is 0 Å². The lowest BCUT2D eigenvalue weighted by atomic mass is 9.88. The Kier molecular flexibility index (Phi) is 9.52. The highest BCUT2D eigenvalue weighted by atomic mass is 19.4. The molecule has 1 N–H and O–H groups in total. The molecule has 18 heavy (non-hydrogen) atoms. The fourth-order valence-corrected chi connectivity index (χ4v) is 2.31. The van der Waals surface area contributed by atoms with Crippen LogP contribution in [0.4, 0.5) is 13.2 Å². The lowest BCUT2D eigenvalue weighted by Gasteiger charge is -2.28. The van der Waals surface area contributed by atoms with Gasteiger partial charge in [-0.2, -0.15) is 13.2 Å². The van der Waals surface area contributed by atoms with E-state index in [1.165, 1.54) is 0 Å². The lowest BCUT2D eigenvalue weighted by Crippen LogP contribution is -2.37. The van der Waals surface area contributed by atoms with Crippen LogP contribution in [0.3, 0.4) is 0 Å². The van der Waals surface area contributed by atoms with Crippen LogP contribution in [0.25, 0.3) is 0 Å². The van der Waals surface area contributed by atoms with Crippen molar-refractivity contribution in [3.05, 3.63) is 0 Å². The van der Waals surface area contributed by atoms with Gasteiger partial charge >= 0.3 is 6.18 Å². The van der Waals surface area contributed by atoms with Crippen molar-refractivity contribution in [2.45, 2.75) is 77.9 Å². The molecule has 0 aliphatic heterocycles. The average Bonchev–Trinajstić information content (AvgIpc) is 2.31. The van der Waals surface area contributed by atoms with Gasteiger partial charge in [-0.25, -0.2) is 0 Å². The maximum absolute atomic E-state index is 12.3. The van der Waals surface area contributed by atoms with Crippen LogP contribution in [0.2, 0.25) is 0 Å². The molecule has 0 fully saturated rings. The molecule has 0 amide bonds. The van der Waals surface area contributed by atoms with Crippen molar-refractivity contribution < 1.29 is 13.2 Å². The van der Waals surface area contributed by atoms with Gasteiger partial charge in [-0.15, -0.1) is 0 Å². The molecule has 0 spiro atoms. The second-order valence-electron chi connectivity index (χ2n) is 5.03. The molecule has 0 aromatic carbocycles. The first-order chi connectivity index (χ1) is 8.44. The Balaban J connectivity index is 4.32. The Morgan fingerprint density at radius 3 is 2.11 bits per heavy atom. The SMILES string of the molecule is CCCCC(CC)C(CCC(F)(F)F)NCCC. The zero-order valence-corrected chi connectivity index (χ0v) is 11.9. The second kappa shape index (κ2) is 9.65. The van der Waals surface area contributed by atoms with Crippen LogP contribution in [0.15, 0.2) is 0 Å². The molecule has 0 heterocycles. The Morgan fingerprint density at radius 1 is 1.00 bits per heavy atom. The first-order valence-corrected chi connectivity index (χ1v) is 7.24. The van der Waals surface area contributed by atoms with Crippen molar-refractivity contribution in [2.24, 2.45) is 5.92 Å².